The summed E-state index contributed by atoms with van der Waals surface area (Å²) in [5, 5.41) is 18.2. The molecule has 0 radical (unpaired) electrons. The fourth-order valence-electron chi connectivity index (χ4n) is 1.49. The van der Waals surface area contributed by atoms with E-state index in [1.54, 1.807) is 6.20 Å². The molecule has 4 nitrogen and oxygen atoms in total. The van der Waals surface area contributed by atoms with Crippen molar-refractivity contribution >= 4 is 22.8 Å². The Balaban J connectivity index is 0.000000556. The van der Waals surface area contributed by atoms with Crippen molar-refractivity contribution < 1.29 is 0 Å². The van der Waals surface area contributed by atoms with Crippen LogP contribution >= 0.6 is 11.3 Å². The minimum absolute atomic E-state index is 0.179. The van der Waals surface area contributed by atoms with E-state index < -0.39 is 0 Å². The second-order valence-electron chi connectivity index (χ2n) is 5.14. The second kappa shape index (κ2) is 12.6. The van der Waals surface area contributed by atoms with Gasteiger partial charge in [-0.1, -0.05) is 63.4 Å². The van der Waals surface area contributed by atoms with Gasteiger partial charge in [0, 0.05) is 17.1 Å². The van der Waals surface area contributed by atoms with Crippen molar-refractivity contribution in [2.75, 3.05) is 7.05 Å². The monoisotopic (exact) mass is 346 g/mol. The van der Waals surface area contributed by atoms with Crippen molar-refractivity contribution in [3.63, 3.8) is 0 Å². The van der Waals surface area contributed by atoms with Gasteiger partial charge in [-0.05, 0) is 19.9 Å². The molecular weight excluding hydrogens is 316 g/mol. The molecule has 0 unspecified atom stereocenters. The third kappa shape index (κ3) is 8.13. The summed E-state index contributed by atoms with van der Waals surface area (Å²) in [5.74, 6) is 1.08. The summed E-state index contributed by atoms with van der Waals surface area (Å²) in [4.78, 5) is 4.03. The third-order valence-electron chi connectivity index (χ3n) is 3.10. The Labute approximate surface area is 150 Å². The molecule has 1 fully saturated rings. The van der Waals surface area contributed by atoms with Crippen LogP contribution in [0.4, 0.5) is 0 Å². The molecule has 24 heavy (non-hydrogen) atoms. The summed E-state index contributed by atoms with van der Waals surface area (Å²) in [5.41, 5.74) is 6.80. The molecule has 0 saturated heterocycles. The topological polar surface area (TPSA) is 86.6 Å². The highest BCUT2D eigenvalue weighted by atomic mass is 32.1. The molecule has 0 spiro atoms. The van der Waals surface area contributed by atoms with Gasteiger partial charge in [0.05, 0.1) is 5.71 Å². The van der Waals surface area contributed by atoms with Crippen LogP contribution in [0, 0.1) is 23.7 Å². The number of benzene rings is 1. The lowest BCUT2D eigenvalue weighted by Gasteiger charge is -2.03. The molecule has 0 atom stereocenters. The summed E-state index contributed by atoms with van der Waals surface area (Å²) in [7, 11) is 1.50. The van der Waals surface area contributed by atoms with Gasteiger partial charge in [-0.3, -0.25) is 10.8 Å². The lowest BCUT2D eigenvalue weighted by molar-refractivity contribution is 0.983. The minimum Gasteiger partial charge on any atom is -0.333 e. The predicted octanol–water partition coefficient (Wildman–Crippen LogP) is 4.90. The number of thiazole rings is 1. The Morgan fingerprint density at radius 3 is 1.96 bits per heavy atom. The van der Waals surface area contributed by atoms with Gasteiger partial charge in [0.15, 0.2) is 0 Å². The maximum absolute atomic E-state index is 7.92. The standard InChI is InChI=1S/C12H11N3S.C4H8.C2H6.CH5N/c1-8-2-4-9(5-3-8)10(13)11(14)12-15-6-7-16-12;1-4-2-3-4;2*1-2/h2-7,13-14H,1H3;4H,2-3H2,1H3;1-2H3;2H2,1H3. The van der Waals surface area contributed by atoms with E-state index in [2.05, 4.69) is 17.6 Å². The first kappa shape index (κ1) is 22.1. The average molecular weight is 347 g/mol. The number of nitrogens with zero attached hydrogens (tertiary/aromatic N) is 1. The summed E-state index contributed by atoms with van der Waals surface area (Å²) in [6.45, 7) is 8.28. The lowest BCUT2D eigenvalue weighted by atomic mass is 10.0. The zero-order valence-corrected chi connectivity index (χ0v) is 16.2. The fraction of sp³-hybridized carbons (Fsp3) is 0.421. The van der Waals surface area contributed by atoms with Gasteiger partial charge in [-0.2, -0.15) is 0 Å². The molecule has 1 heterocycles. The average Bonchev–Trinajstić information content (AvgIpc) is 3.22. The van der Waals surface area contributed by atoms with Crippen molar-refractivity contribution in [3.05, 3.63) is 52.0 Å². The van der Waals surface area contributed by atoms with Gasteiger partial charge >= 0.3 is 0 Å². The second-order valence-corrected chi connectivity index (χ2v) is 6.03. The van der Waals surface area contributed by atoms with E-state index >= 15 is 0 Å². The Kier molecular flexibility index (Phi) is 11.6. The molecule has 2 aromatic rings. The maximum atomic E-state index is 7.92. The van der Waals surface area contributed by atoms with E-state index in [0.29, 0.717) is 5.01 Å². The molecule has 1 saturated carbocycles. The molecule has 132 valence electrons. The smallest absolute Gasteiger partial charge is 0.143 e. The van der Waals surface area contributed by atoms with E-state index in [4.69, 9.17) is 10.8 Å². The molecule has 3 rings (SSSR count). The number of aryl methyl sites for hydroxylation is 1. The van der Waals surface area contributed by atoms with Crippen LogP contribution in [-0.4, -0.2) is 23.5 Å². The molecule has 1 aromatic carbocycles. The van der Waals surface area contributed by atoms with Crippen molar-refractivity contribution in [2.24, 2.45) is 11.7 Å². The predicted molar refractivity (Wildman–Crippen MR) is 107 cm³/mol. The SMILES string of the molecule is CC.CC1CC1.CN.Cc1ccc(C(=N)C(=N)c2nccs2)cc1. The van der Waals surface area contributed by atoms with E-state index in [9.17, 15) is 0 Å². The van der Waals surface area contributed by atoms with Crippen LogP contribution < -0.4 is 5.73 Å². The molecule has 0 aliphatic heterocycles. The first-order chi connectivity index (χ1) is 11.6. The van der Waals surface area contributed by atoms with Crippen molar-refractivity contribution in [3.8, 4) is 0 Å². The van der Waals surface area contributed by atoms with Crippen LogP contribution in [0.25, 0.3) is 0 Å². The fourth-order valence-corrected chi connectivity index (χ4v) is 2.08. The van der Waals surface area contributed by atoms with Crippen molar-refractivity contribution in [1.29, 1.82) is 10.8 Å². The van der Waals surface area contributed by atoms with Gasteiger partial charge in [-0.25, -0.2) is 4.98 Å². The first-order valence-corrected chi connectivity index (χ1v) is 9.18. The summed E-state index contributed by atoms with van der Waals surface area (Å²) >= 11 is 1.38. The lowest BCUT2D eigenvalue weighted by Crippen LogP contribution is -2.14. The normalized spacial score (nSPS) is 11.6. The number of rotatable bonds is 3. The number of hydrogen-bond acceptors (Lipinski definition) is 5. The number of aromatic nitrogens is 1. The van der Waals surface area contributed by atoms with Crippen LogP contribution in [-0.2, 0) is 0 Å². The first-order valence-electron chi connectivity index (χ1n) is 8.30. The minimum atomic E-state index is 0.179. The van der Waals surface area contributed by atoms with Gasteiger partial charge in [0.25, 0.3) is 0 Å². The molecule has 4 N–H and O–H groups in total. The number of nitrogens with one attached hydrogen (secondary N) is 2. The molecule has 0 amide bonds. The van der Waals surface area contributed by atoms with Crippen LogP contribution in [0.15, 0.2) is 35.8 Å². The van der Waals surface area contributed by atoms with Crippen LogP contribution in [0.3, 0.4) is 0 Å². The zero-order chi connectivity index (χ0) is 18.5. The van der Waals surface area contributed by atoms with Crippen molar-refractivity contribution in [2.45, 2.75) is 40.5 Å². The number of nitrogens with two attached hydrogens (primary N) is 1. The Hall–Kier alpha value is -1.85. The summed E-state index contributed by atoms with van der Waals surface area (Å²) in [6.07, 6.45) is 4.62. The Bertz CT molecular complexity index is 584. The maximum Gasteiger partial charge on any atom is 0.143 e. The molecule has 1 aromatic heterocycles. The van der Waals surface area contributed by atoms with E-state index in [1.165, 1.54) is 31.2 Å². The van der Waals surface area contributed by atoms with Crippen LogP contribution in [0.5, 0.6) is 0 Å². The zero-order valence-electron chi connectivity index (χ0n) is 15.4. The van der Waals surface area contributed by atoms with Gasteiger partial charge in [0.2, 0.25) is 0 Å². The Morgan fingerprint density at radius 1 is 1.08 bits per heavy atom. The largest absolute Gasteiger partial charge is 0.333 e. The van der Waals surface area contributed by atoms with E-state index in [-0.39, 0.29) is 11.4 Å². The van der Waals surface area contributed by atoms with Gasteiger partial charge < -0.3 is 5.73 Å². The molecular formula is C19H30N4S. The highest BCUT2D eigenvalue weighted by Gasteiger charge is 2.13. The highest BCUT2D eigenvalue weighted by molar-refractivity contribution is 7.12. The summed E-state index contributed by atoms with van der Waals surface area (Å²) < 4.78 is 0. The van der Waals surface area contributed by atoms with Crippen molar-refractivity contribution in [1.82, 2.24) is 4.98 Å². The molecule has 1 aliphatic rings. The Morgan fingerprint density at radius 2 is 1.58 bits per heavy atom. The van der Waals surface area contributed by atoms with Crippen LogP contribution in [0.2, 0.25) is 0 Å². The summed E-state index contributed by atoms with van der Waals surface area (Å²) in [6, 6.07) is 7.61. The number of hydrogen-bond donors (Lipinski definition) is 3. The highest BCUT2D eigenvalue weighted by Crippen LogP contribution is 2.26. The molecule has 5 heteroatoms. The molecule has 0 bridgehead atoms. The van der Waals surface area contributed by atoms with Gasteiger partial charge in [-0.15, -0.1) is 11.3 Å². The quantitative estimate of drug-likeness (QED) is 0.690. The third-order valence-corrected chi connectivity index (χ3v) is 3.89. The molecule has 1 aliphatic carbocycles. The van der Waals surface area contributed by atoms with E-state index in [1.807, 2.05) is 50.4 Å². The van der Waals surface area contributed by atoms with E-state index in [0.717, 1.165) is 17.0 Å². The van der Waals surface area contributed by atoms with Gasteiger partial charge in [0.1, 0.15) is 10.7 Å². The van der Waals surface area contributed by atoms with Crippen LogP contribution in [0.1, 0.15) is 49.7 Å².